The Balaban J connectivity index is 0.00000181. The molecule has 0 aliphatic carbocycles. The zero-order valence-corrected chi connectivity index (χ0v) is 23.4. The number of anilines is 1. The number of hydrogen-bond donors (Lipinski definition) is 0. The summed E-state index contributed by atoms with van der Waals surface area (Å²) in [5.74, 6) is 1.74. The molecule has 0 fully saturated rings. The van der Waals surface area contributed by atoms with Crippen molar-refractivity contribution in [2.24, 2.45) is 0 Å². The Morgan fingerprint density at radius 3 is 2.44 bits per heavy atom. The predicted octanol–water partition coefficient (Wildman–Crippen LogP) is -1.38. The minimum Gasteiger partial charge on any atom is -1.00 e. The normalized spacial score (nSPS) is 14.2. The van der Waals surface area contributed by atoms with Crippen molar-refractivity contribution >= 4 is 22.7 Å². The van der Waals surface area contributed by atoms with Gasteiger partial charge in [-0.3, -0.25) is 0 Å². The van der Waals surface area contributed by atoms with E-state index in [-0.39, 0.29) is 48.0 Å². The molecule has 32 heavy (non-hydrogen) atoms. The fraction of sp³-hybridized carbons (Fsp3) is 0.269. The summed E-state index contributed by atoms with van der Waals surface area (Å²) in [5, 5.41) is 1.27. The van der Waals surface area contributed by atoms with E-state index in [0.29, 0.717) is 0 Å². The van der Waals surface area contributed by atoms with Crippen LogP contribution in [0.1, 0.15) is 12.0 Å². The molecule has 4 rings (SSSR count). The Morgan fingerprint density at radius 2 is 1.69 bits per heavy atom. The zero-order valence-electron chi connectivity index (χ0n) is 19.1. The molecule has 1 aliphatic rings. The Bertz CT molecular complexity index is 1120. The molecule has 0 radical (unpaired) electrons. The van der Waals surface area contributed by atoms with Gasteiger partial charge in [0.1, 0.15) is 0 Å². The Kier molecular flexibility index (Phi) is 9.53. The third kappa shape index (κ3) is 6.23. The Hall–Kier alpha value is -1.65. The van der Waals surface area contributed by atoms with Crippen molar-refractivity contribution in [1.29, 1.82) is 0 Å². The maximum atomic E-state index is 5.97. The summed E-state index contributed by atoms with van der Waals surface area (Å²) in [4.78, 5) is 2.07. The van der Waals surface area contributed by atoms with E-state index in [2.05, 4.69) is 85.4 Å². The lowest BCUT2D eigenvalue weighted by atomic mass is 10.1. The molecular weight excluding hydrogens is 624 g/mol. The average Bonchev–Trinajstić information content (AvgIpc) is 3.04. The molecule has 0 unspecified atom stereocenters. The van der Waals surface area contributed by atoms with E-state index in [9.17, 15) is 0 Å². The lowest BCUT2D eigenvalue weighted by Gasteiger charge is -2.22. The second kappa shape index (κ2) is 11.5. The van der Waals surface area contributed by atoms with Gasteiger partial charge in [-0.2, -0.15) is 4.57 Å². The van der Waals surface area contributed by atoms with Gasteiger partial charge in [0.05, 0.1) is 45.2 Å². The standard InChI is InChI=1S/C26H31N3O.2HI/c1-27-24-14-7-8-15-25(24)30-26(27)16-9-11-21-17-19-28(18-10-20-29(2,3)4)23-13-6-5-12-22(21)23;;/h5-9,11-17,19H,10,18,20H2,1-4H3;2*1H/q+2;;/p-2. The highest BCUT2D eigenvalue weighted by Crippen LogP contribution is 2.37. The Morgan fingerprint density at radius 1 is 0.969 bits per heavy atom. The molecule has 170 valence electrons. The SMILES string of the molecule is CN1/C(=C\C=C\c2cc[n+](CCC[N+](C)(C)C)c3ccccc23)Oc2ccccc21.[I-].[I-]. The third-order valence-electron chi connectivity index (χ3n) is 5.47. The van der Waals surface area contributed by atoms with Crippen molar-refractivity contribution in [1.82, 2.24) is 0 Å². The molecule has 0 saturated heterocycles. The maximum Gasteiger partial charge on any atom is 0.213 e. The van der Waals surface area contributed by atoms with E-state index in [1.807, 2.05) is 31.3 Å². The molecule has 6 heteroatoms. The molecule has 0 bridgehead atoms. The minimum absolute atomic E-state index is 0. The number of pyridine rings is 1. The summed E-state index contributed by atoms with van der Waals surface area (Å²) in [6, 6.07) is 18.9. The summed E-state index contributed by atoms with van der Waals surface area (Å²) < 4.78 is 9.33. The number of allylic oxidation sites excluding steroid dienone is 2. The summed E-state index contributed by atoms with van der Waals surface area (Å²) >= 11 is 0. The highest BCUT2D eigenvalue weighted by Gasteiger charge is 2.21. The van der Waals surface area contributed by atoms with E-state index in [1.165, 1.54) is 16.5 Å². The molecule has 2 heterocycles. The fourth-order valence-corrected chi connectivity index (χ4v) is 3.86. The first kappa shape index (κ1) is 26.6. The first-order valence-electron chi connectivity index (χ1n) is 10.5. The molecule has 0 atom stereocenters. The largest absolute Gasteiger partial charge is 1.00 e. The van der Waals surface area contributed by atoms with Crippen LogP contribution in [-0.2, 0) is 6.54 Å². The topological polar surface area (TPSA) is 16.4 Å². The molecule has 3 aromatic rings. The van der Waals surface area contributed by atoms with Crippen LogP contribution in [0.4, 0.5) is 5.69 Å². The van der Waals surface area contributed by atoms with Crippen molar-refractivity contribution in [3.63, 3.8) is 0 Å². The number of rotatable bonds is 6. The number of para-hydroxylation sites is 3. The first-order valence-corrected chi connectivity index (χ1v) is 10.5. The van der Waals surface area contributed by atoms with Gasteiger partial charge in [-0.15, -0.1) is 0 Å². The first-order chi connectivity index (χ1) is 14.4. The monoisotopic (exact) mass is 655 g/mol. The van der Waals surface area contributed by atoms with Crippen LogP contribution in [0.3, 0.4) is 0 Å². The smallest absolute Gasteiger partial charge is 0.213 e. The molecule has 4 nitrogen and oxygen atoms in total. The number of aromatic nitrogens is 1. The number of fused-ring (bicyclic) bond motifs is 2. The van der Waals surface area contributed by atoms with Crippen molar-refractivity contribution in [2.75, 3.05) is 39.6 Å². The second-order valence-corrected chi connectivity index (χ2v) is 8.84. The van der Waals surface area contributed by atoms with Gasteiger partial charge in [0, 0.05) is 19.2 Å². The molecule has 0 amide bonds. The maximum absolute atomic E-state index is 5.97. The summed E-state index contributed by atoms with van der Waals surface area (Å²) in [7, 11) is 8.77. The number of quaternary nitrogens is 1. The van der Waals surface area contributed by atoms with Crippen LogP contribution < -0.4 is 62.2 Å². The molecular formula is C26H31I2N3O. The number of halogens is 2. The van der Waals surface area contributed by atoms with Gasteiger partial charge in [-0.25, -0.2) is 0 Å². The van der Waals surface area contributed by atoms with Crippen LogP contribution in [0.25, 0.3) is 17.0 Å². The second-order valence-electron chi connectivity index (χ2n) is 8.84. The van der Waals surface area contributed by atoms with Gasteiger partial charge < -0.3 is 62.1 Å². The summed E-state index contributed by atoms with van der Waals surface area (Å²) in [6.45, 7) is 2.19. The van der Waals surface area contributed by atoms with E-state index < -0.39 is 0 Å². The minimum atomic E-state index is 0. The molecule has 1 aromatic heterocycles. The predicted molar refractivity (Wildman–Crippen MR) is 124 cm³/mol. The number of aryl methyl sites for hydroxylation is 1. The highest BCUT2D eigenvalue weighted by molar-refractivity contribution is 5.85. The Labute approximate surface area is 225 Å². The van der Waals surface area contributed by atoms with Gasteiger partial charge in [0.25, 0.3) is 0 Å². The molecule has 1 aliphatic heterocycles. The van der Waals surface area contributed by atoms with E-state index in [4.69, 9.17) is 4.74 Å². The van der Waals surface area contributed by atoms with Gasteiger partial charge in [-0.1, -0.05) is 36.4 Å². The van der Waals surface area contributed by atoms with E-state index in [1.54, 1.807) is 0 Å². The number of ether oxygens (including phenoxy) is 1. The van der Waals surface area contributed by atoms with Crippen molar-refractivity contribution in [3.05, 3.63) is 84.4 Å². The number of nitrogens with zero attached hydrogens (tertiary/aromatic N) is 3. The van der Waals surface area contributed by atoms with Crippen LogP contribution in [0, 0.1) is 0 Å². The van der Waals surface area contributed by atoms with Crippen molar-refractivity contribution < 1.29 is 61.7 Å². The fourth-order valence-electron chi connectivity index (χ4n) is 3.86. The van der Waals surface area contributed by atoms with Gasteiger partial charge in [0.15, 0.2) is 24.4 Å². The van der Waals surface area contributed by atoms with Crippen molar-refractivity contribution in [3.8, 4) is 5.75 Å². The van der Waals surface area contributed by atoms with Crippen LogP contribution in [0.5, 0.6) is 5.75 Å². The van der Waals surface area contributed by atoms with Crippen LogP contribution >= 0.6 is 0 Å². The van der Waals surface area contributed by atoms with Gasteiger partial charge in [0.2, 0.25) is 5.52 Å². The highest BCUT2D eigenvalue weighted by atomic mass is 127. The van der Waals surface area contributed by atoms with E-state index >= 15 is 0 Å². The summed E-state index contributed by atoms with van der Waals surface area (Å²) in [6.07, 6.45) is 9.62. The number of hydrogen-bond acceptors (Lipinski definition) is 2. The van der Waals surface area contributed by atoms with Gasteiger partial charge >= 0.3 is 0 Å². The van der Waals surface area contributed by atoms with Crippen molar-refractivity contribution in [2.45, 2.75) is 13.0 Å². The quantitative estimate of drug-likeness (QED) is 0.185. The van der Waals surface area contributed by atoms with Crippen LogP contribution in [0.2, 0.25) is 0 Å². The van der Waals surface area contributed by atoms with Crippen LogP contribution in [0.15, 0.2) is 78.8 Å². The lowest BCUT2D eigenvalue weighted by Crippen LogP contribution is -3.00. The molecule has 0 N–H and O–H groups in total. The van der Waals surface area contributed by atoms with Gasteiger partial charge in [-0.05, 0) is 29.8 Å². The molecule has 2 aromatic carbocycles. The number of benzene rings is 2. The molecule has 0 saturated carbocycles. The summed E-state index contributed by atoms with van der Waals surface area (Å²) in [5.41, 5.74) is 3.58. The zero-order chi connectivity index (χ0) is 21.1. The lowest BCUT2D eigenvalue weighted by molar-refractivity contribution is -0.873. The molecule has 0 spiro atoms. The van der Waals surface area contributed by atoms with E-state index in [0.717, 1.165) is 41.3 Å². The van der Waals surface area contributed by atoms with Crippen LogP contribution in [-0.4, -0.2) is 39.2 Å². The average molecular weight is 655 g/mol. The third-order valence-corrected chi connectivity index (χ3v) is 5.47.